The number of thiocarbonyl (C=S) groups is 1. The van der Waals surface area contributed by atoms with Crippen LogP contribution in [0.2, 0.25) is 0 Å². The number of piperidine rings is 1. The van der Waals surface area contributed by atoms with E-state index in [-0.39, 0.29) is 22.7 Å². The Morgan fingerprint density at radius 1 is 1.07 bits per heavy atom. The Morgan fingerprint density at radius 3 is 2.43 bits per heavy atom. The van der Waals surface area contributed by atoms with Crippen LogP contribution in [0.3, 0.4) is 0 Å². The maximum absolute atomic E-state index is 13.3. The molecule has 1 saturated heterocycles. The van der Waals surface area contributed by atoms with Crippen LogP contribution < -0.4 is 15.5 Å². The zero-order valence-corrected chi connectivity index (χ0v) is 17.1. The highest BCUT2D eigenvalue weighted by molar-refractivity contribution is 7.80. The Labute approximate surface area is 177 Å². The number of nitrogens with one attached hydrogen (secondary N) is 2. The zero-order valence-electron chi connectivity index (χ0n) is 16.3. The Hall–Kier alpha value is -2.49. The minimum atomic E-state index is -4.58. The summed E-state index contributed by atoms with van der Waals surface area (Å²) in [5, 5.41) is 5.75. The molecule has 1 aliphatic rings. The number of rotatable bonds is 6. The Bertz CT molecular complexity index is 851. The molecular weight excluding hydrogens is 418 g/mol. The van der Waals surface area contributed by atoms with Gasteiger partial charge in [-0.25, -0.2) is 9.37 Å². The van der Waals surface area contributed by atoms with Gasteiger partial charge < -0.3 is 15.5 Å². The number of aromatic nitrogens is 2. The van der Waals surface area contributed by atoms with E-state index in [1.165, 1.54) is 12.1 Å². The van der Waals surface area contributed by atoms with E-state index >= 15 is 0 Å². The summed E-state index contributed by atoms with van der Waals surface area (Å²) in [7, 11) is 0. The first-order valence-electron chi connectivity index (χ1n) is 9.82. The third-order valence-corrected chi connectivity index (χ3v) is 5.00. The topological polar surface area (TPSA) is 53.1 Å². The molecule has 0 aliphatic carbocycles. The van der Waals surface area contributed by atoms with Crippen molar-refractivity contribution >= 4 is 29.1 Å². The fourth-order valence-corrected chi connectivity index (χ4v) is 3.41. The highest BCUT2D eigenvalue weighted by Crippen LogP contribution is 2.31. The maximum Gasteiger partial charge on any atom is 0.433 e. The summed E-state index contributed by atoms with van der Waals surface area (Å²) in [6.45, 7) is 1.83. The van der Waals surface area contributed by atoms with Gasteiger partial charge in [-0.3, -0.25) is 0 Å². The molecule has 2 aromatic rings. The number of hydrogen-bond donors (Lipinski definition) is 2. The van der Waals surface area contributed by atoms with Crippen LogP contribution in [0.4, 0.5) is 29.3 Å². The van der Waals surface area contributed by atoms with Gasteiger partial charge in [0.05, 0.1) is 0 Å². The predicted molar refractivity (Wildman–Crippen MR) is 112 cm³/mol. The van der Waals surface area contributed by atoms with Crippen molar-refractivity contribution in [2.45, 2.75) is 38.3 Å². The van der Waals surface area contributed by atoms with E-state index < -0.39 is 11.9 Å². The molecule has 1 aromatic carbocycles. The van der Waals surface area contributed by atoms with Gasteiger partial charge >= 0.3 is 6.18 Å². The second-order valence-corrected chi connectivity index (χ2v) is 7.50. The van der Waals surface area contributed by atoms with Crippen molar-refractivity contribution in [3.8, 4) is 0 Å². The van der Waals surface area contributed by atoms with Crippen molar-refractivity contribution in [2.75, 3.05) is 29.9 Å². The fourth-order valence-electron chi connectivity index (χ4n) is 3.21. The third-order valence-electron chi connectivity index (χ3n) is 4.75. The molecule has 3 rings (SSSR count). The Morgan fingerprint density at radius 2 is 1.77 bits per heavy atom. The van der Waals surface area contributed by atoms with Crippen LogP contribution in [0, 0.1) is 5.82 Å². The second-order valence-electron chi connectivity index (χ2n) is 7.09. The van der Waals surface area contributed by atoms with Gasteiger partial charge in [0, 0.05) is 25.7 Å². The standard InChI is InChI=1S/C20H23F4N5S/c21-15-8-6-14(7-9-15)5-4-10-25-19(30)28-18-26-16(20(22,23)24)13-17(27-18)29-11-2-1-3-12-29/h6-9,13H,1-5,10-12H2,(H2,25,26,27,28,30). The van der Waals surface area contributed by atoms with Crippen molar-refractivity contribution in [1.82, 2.24) is 15.3 Å². The molecule has 5 nitrogen and oxygen atoms in total. The molecule has 2 N–H and O–H groups in total. The van der Waals surface area contributed by atoms with Crippen molar-refractivity contribution in [3.63, 3.8) is 0 Å². The van der Waals surface area contributed by atoms with E-state index in [9.17, 15) is 17.6 Å². The lowest BCUT2D eigenvalue weighted by Crippen LogP contribution is -2.33. The summed E-state index contributed by atoms with van der Waals surface area (Å²) < 4.78 is 52.8. The number of benzene rings is 1. The van der Waals surface area contributed by atoms with Gasteiger partial charge in [0.25, 0.3) is 0 Å². The third kappa shape index (κ3) is 6.51. The van der Waals surface area contributed by atoms with Gasteiger partial charge in [0.2, 0.25) is 5.95 Å². The number of aryl methyl sites for hydroxylation is 1. The zero-order chi connectivity index (χ0) is 21.6. The molecule has 0 saturated carbocycles. The highest BCUT2D eigenvalue weighted by Gasteiger charge is 2.34. The fraction of sp³-hybridized carbons (Fsp3) is 0.450. The highest BCUT2D eigenvalue weighted by atomic mass is 32.1. The van der Waals surface area contributed by atoms with E-state index in [4.69, 9.17) is 12.2 Å². The summed E-state index contributed by atoms with van der Waals surface area (Å²) in [5.74, 6) is -0.215. The average molecular weight is 441 g/mol. The molecule has 0 amide bonds. The van der Waals surface area contributed by atoms with Crippen LogP contribution in [0.25, 0.3) is 0 Å². The first kappa shape index (κ1) is 22.2. The summed E-state index contributed by atoms with van der Waals surface area (Å²) in [4.78, 5) is 9.66. The molecule has 1 aliphatic heterocycles. The van der Waals surface area contributed by atoms with Gasteiger partial charge in [-0.05, 0) is 62.0 Å². The molecule has 162 valence electrons. The molecule has 0 radical (unpaired) electrons. The number of nitrogens with zero attached hydrogens (tertiary/aromatic N) is 3. The van der Waals surface area contributed by atoms with E-state index in [1.807, 2.05) is 4.90 Å². The number of anilines is 2. The minimum Gasteiger partial charge on any atom is -0.362 e. The van der Waals surface area contributed by atoms with Crippen LogP contribution in [-0.4, -0.2) is 34.7 Å². The molecule has 30 heavy (non-hydrogen) atoms. The van der Waals surface area contributed by atoms with Crippen molar-refractivity contribution in [3.05, 3.63) is 47.4 Å². The largest absolute Gasteiger partial charge is 0.433 e. The minimum absolute atomic E-state index is 0.151. The molecule has 1 fully saturated rings. The lowest BCUT2D eigenvalue weighted by Gasteiger charge is -2.28. The van der Waals surface area contributed by atoms with Crippen molar-refractivity contribution in [2.24, 2.45) is 0 Å². The molecule has 2 heterocycles. The van der Waals surface area contributed by atoms with Crippen molar-refractivity contribution in [1.29, 1.82) is 0 Å². The van der Waals surface area contributed by atoms with Crippen LogP contribution in [0.15, 0.2) is 30.3 Å². The molecule has 10 heteroatoms. The van der Waals surface area contributed by atoms with Crippen molar-refractivity contribution < 1.29 is 17.6 Å². The van der Waals surface area contributed by atoms with E-state index in [0.717, 1.165) is 43.7 Å². The molecule has 1 aromatic heterocycles. The molecule has 0 bridgehead atoms. The van der Waals surface area contributed by atoms with Gasteiger partial charge in [-0.15, -0.1) is 0 Å². The Kier molecular flexibility index (Phi) is 7.41. The average Bonchev–Trinajstić information content (AvgIpc) is 2.72. The summed E-state index contributed by atoms with van der Waals surface area (Å²) in [5.41, 5.74) is -0.0101. The molecular formula is C20H23F4N5S. The summed E-state index contributed by atoms with van der Waals surface area (Å²) >= 11 is 5.17. The van der Waals surface area contributed by atoms with Gasteiger partial charge in [0.1, 0.15) is 11.6 Å². The maximum atomic E-state index is 13.3. The Balaban J connectivity index is 1.58. The number of halogens is 4. The van der Waals surface area contributed by atoms with Crippen LogP contribution >= 0.6 is 12.2 Å². The SMILES string of the molecule is Fc1ccc(CCCNC(=S)Nc2nc(N3CCCCC3)cc(C(F)(F)F)n2)cc1. The van der Waals surface area contributed by atoms with Gasteiger partial charge in [-0.1, -0.05) is 12.1 Å². The number of hydrogen-bond acceptors (Lipinski definition) is 4. The van der Waals surface area contributed by atoms with E-state index in [2.05, 4.69) is 20.6 Å². The van der Waals surface area contributed by atoms with Crippen LogP contribution in [-0.2, 0) is 12.6 Å². The molecule has 0 unspecified atom stereocenters. The second kappa shape index (κ2) is 10.0. The quantitative estimate of drug-likeness (QED) is 0.390. The molecule has 0 spiro atoms. The first-order valence-corrected chi connectivity index (χ1v) is 10.2. The van der Waals surface area contributed by atoms with E-state index in [0.29, 0.717) is 19.6 Å². The van der Waals surface area contributed by atoms with Gasteiger partial charge in [0.15, 0.2) is 10.8 Å². The summed E-state index contributed by atoms with van der Waals surface area (Å²) in [6.07, 6.45) is -0.242. The van der Waals surface area contributed by atoms with Gasteiger partial charge in [-0.2, -0.15) is 18.2 Å². The smallest absolute Gasteiger partial charge is 0.362 e. The van der Waals surface area contributed by atoms with Crippen LogP contribution in [0.1, 0.15) is 36.9 Å². The monoisotopic (exact) mass is 441 g/mol. The number of alkyl halides is 3. The lowest BCUT2D eigenvalue weighted by atomic mass is 10.1. The normalized spacial score (nSPS) is 14.5. The van der Waals surface area contributed by atoms with E-state index in [1.54, 1.807) is 12.1 Å². The predicted octanol–water partition coefficient (Wildman–Crippen LogP) is 4.54. The van der Waals surface area contributed by atoms with Crippen LogP contribution in [0.5, 0.6) is 0 Å². The first-order chi connectivity index (χ1) is 14.3. The lowest BCUT2D eigenvalue weighted by molar-refractivity contribution is -0.141. The molecule has 0 atom stereocenters. The summed E-state index contributed by atoms with van der Waals surface area (Å²) in [6, 6.07) is 7.21.